The summed E-state index contributed by atoms with van der Waals surface area (Å²) in [4.78, 5) is 12.2. The summed E-state index contributed by atoms with van der Waals surface area (Å²) < 4.78 is 7.73. The Morgan fingerprint density at radius 3 is 2.59 bits per heavy atom. The summed E-state index contributed by atoms with van der Waals surface area (Å²) in [6.45, 7) is 9.49. The fraction of sp³-hybridized carbons (Fsp3) is 0.421. The number of thioether (sulfide) groups is 1. The van der Waals surface area contributed by atoms with Crippen LogP contribution in [0.5, 0.6) is 5.75 Å². The molecular weight excluding hydrogens is 408 g/mol. The molecule has 0 radical (unpaired) electrons. The van der Waals surface area contributed by atoms with E-state index in [1.807, 2.05) is 42.7 Å². The van der Waals surface area contributed by atoms with Crippen molar-refractivity contribution in [1.29, 1.82) is 0 Å². The number of ether oxygens (including phenoxy) is 1. The van der Waals surface area contributed by atoms with Gasteiger partial charge in [0.05, 0.1) is 12.4 Å². The van der Waals surface area contributed by atoms with Crippen molar-refractivity contribution in [3.63, 3.8) is 0 Å². The first-order chi connectivity index (χ1) is 14.0. The minimum Gasteiger partial charge on any atom is -0.493 e. The molecule has 1 amide bonds. The predicted molar refractivity (Wildman–Crippen MR) is 115 cm³/mol. The zero-order valence-corrected chi connectivity index (χ0v) is 18.5. The number of nitrogens with one attached hydrogen (secondary N) is 1. The monoisotopic (exact) mass is 432 g/mol. The van der Waals surface area contributed by atoms with Crippen molar-refractivity contribution < 1.29 is 9.53 Å². The van der Waals surface area contributed by atoms with E-state index >= 15 is 0 Å². The molecule has 3 rings (SSSR count). The second kappa shape index (κ2) is 9.84. The zero-order chi connectivity index (χ0) is 20.8. The Balaban J connectivity index is 1.64. The lowest BCUT2D eigenvalue weighted by Gasteiger charge is -2.10. The summed E-state index contributed by atoms with van der Waals surface area (Å²) in [5.74, 6) is 2.16. The molecule has 0 fully saturated rings. The second-order valence-electron chi connectivity index (χ2n) is 6.74. The molecule has 2 heterocycles. The van der Waals surface area contributed by atoms with Gasteiger partial charge in [0.2, 0.25) is 11.0 Å². The number of anilines is 1. The molecule has 2 aromatic heterocycles. The molecule has 1 aromatic carbocycles. The van der Waals surface area contributed by atoms with E-state index in [9.17, 15) is 4.79 Å². The van der Waals surface area contributed by atoms with Crippen LogP contribution in [-0.2, 0) is 11.3 Å². The van der Waals surface area contributed by atoms with Crippen LogP contribution in [0.1, 0.15) is 25.8 Å². The summed E-state index contributed by atoms with van der Waals surface area (Å²) in [5.41, 5.74) is 0.955. The molecule has 0 saturated heterocycles. The molecule has 10 heteroatoms. The van der Waals surface area contributed by atoms with Gasteiger partial charge in [-0.05, 0) is 44.0 Å². The molecular formula is C19H24N6O2S2. The molecule has 0 bridgehead atoms. The Bertz CT molecular complexity index is 952. The third-order valence-electron chi connectivity index (χ3n) is 3.83. The second-order valence-corrected chi connectivity index (χ2v) is 8.87. The third kappa shape index (κ3) is 5.77. The minimum atomic E-state index is -0.148. The van der Waals surface area contributed by atoms with E-state index in [1.165, 1.54) is 23.1 Å². The fourth-order valence-electron chi connectivity index (χ4n) is 2.49. The van der Waals surface area contributed by atoms with Crippen molar-refractivity contribution in [2.24, 2.45) is 5.92 Å². The summed E-state index contributed by atoms with van der Waals surface area (Å²) >= 11 is 2.69. The molecule has 0 spiro atoms. The van der Waals surface area contributed by atoms with Gasteiger partial charge in [-0.2, -0.15) is 0 Å². The molecule has 0 aliphatic heterocycles. The van der Waals surface area contributed by atoms with Gasteiger partial charge >= 0.3 is 0 Å². The highest BCUT2D eigenvalue weighted by Crippen LogP contribution is 2.26. The van der Waals surface area contributed by atoms with Crippen LogP contribution in [0.2, 0.25) is 0 Å². The van der Waals surface area contributed by atoms with Gasteiger partial charge in [0.25, 0.3) is 0 Å². The van der Waals surface area contributed by atoms with Gasteiger partial charge < -0.3 is 9.30 Å². The molecule has 8 nitrogen and oxygen atoms in total. The van der Waals surface area contributed by atoms with Crippen LogP contribution in [0.4, 0.5) is 5.13 Å². The van der Waals surface area contributed by atoms with E-state index in [4.69, 9.17) is 4.74 Å². The SMILES string of the molecule is CCn1c(SCC(=O)Nc2nnc(C)s2)nnc1-c1ccc(OCC(C)C)cc1. The first-order valence-corrected chi connectivity index (χ1v) is 11.2. The summed E-state index contributed by atoms with van der Waals surface area (Å²) in [6.07, 6.45) is 0. The molecule has 0 unspecified atom stereocenters. The maximum atomic E-state index is 12.2. The topological polar surface area (TPSA) is 94.8 Å². The lowest BCUT2D eigenvalue weighted by molar-refractivity contribution is -0.113. The van der Waals surface area contributed by atoms with E-state index in [0.29, 0.717) is 29.4 Å². The van der Waals surface area contributed by atoms with Gasteiger partial charge in [-0.15, -0.1) is 20.4 Å². The van der Waals surface area contributed by atoms with Crippen molar-refractivity contribution in [3.05, 3.63) is 29.3 Å². The number of rotatable bonds is 9. The normalized spacial score (nSPS) is 11.1. The number of nitrogens with zero attached hydrogens (tertiary/aromatic N) is 5. The lowest BCUT2D eigenvalue weighted by Crippen LogP contribution is -2.14. The number of hydrogen-bond acceptors (Lipinski definition) is 8. The van der Waals surface area contributed by atoms with Gasteiger partial charge in [0.1, 0.15) is 10.8 Å². The summed E-state index contributed by atoms with van der Waals surface area (Å²) in [7, 11) is 0. The van der Waals surface area contributed by atoms with E-state index in [0.717, 1.165) is 22.1 Å². The smallest absolute Gasteiger partial charge is 0.236 e. The van der Waals surface area contributed by atoms with Crippen LogP contribution < -0.4 is 10.1 Å². The van der Waals surface area contributed by atoms with Crippen molar-refractivity contribution in [2.45, 2.75) is 39.4 Å². The number of aromatic nitrogens is 5. The highest BCUT2D eigenvalue weighted by Gasteiger charge is 2.15. The van der Waals surface area contributed by atoms with Gasteiger partial charge in [-0.3, -0.25) is 10.1 Å². The maximum Gasteiger partial charge on any atom is 0.236 e. The standard InChI is InChI=1S/C19H24N6O2S2/c1-5-25-17(14-6-8-15(9-7-14)27-10-12(2)3)22-24-19(25)28-11-16(26)20-18-23-21-13(4)29-18/h6-9,12H,5,10-11H2,1-4H3,(H,20,23,26). The van der Waals surface area contributed by atoms with Gasteiger partial charge in [0, 0.05) is 12.1 Å². The van der Waals surface area contributed by atoms with Crippen LogP contribution in [0.3, 0.4) is 0 Å². The van der Waals surface area contributed by atoms with E-state index in [1.54, 1.807) is 0 Å². The number of aryl methyl sites for hydroxylation is 1. The van der Waals surface area contributed by atoms with Crippen LogP contribution in [-0.4, -0.2) is 43.2 Å². The Morgan fingerprint density at radius 2 is 1.97 bits per heavy atom. The van der Waals surface area contributed by atoms with Crippen molar-refractivity contribution in [3.8, 4) is 17.1 Å². The molecule has 1 N–H and O–H groups in total. The average Bonchev–Trinajstić information content (AvgIpc) is 3.30. The van der Waals surface area contributed by atoms with E-state index < -0.39 is 0 Å². The summed E-state index contributed by atoms with van der Waals surface area (Å²) in [6, 6.07) is 7.84. The largest absolute Gasteiger partial charge is 0.493 e. The van der Waals surface area contributed by atoms with Gasteiger partial charge in [-0.25, -0.2) is 0 Å². The Hall–Kier alpha value is -2.46. The molecule has 0 atom stereocenters. The molecule has 0 saturated carbocycles. The molecule has 154 valence electrons. The predicted octanol–water partition coefficient (Wildman–Crippen LogP) is 3.89. The van der Waals surface area contributed by atoms with Crippen molar-refractivity contribution in [1.82, 2.24) is 25.0 Å². The molecule has 0 aliphatic carbocycles. The highest BCUT2D eigenvalue weighted by atomic mass is 32.2. The fourth-order valence-corrected chi connectivity index (χ4v) is 3.90. The number of carbonyl (C=O) groups is 1. The number of benzene rings is 1. The third-order valence-corrected chi connectivity index (χ3v) is 5.55. The zero-order valence-electron chi connectivity index (χ0n) is 16.9. The van der Waals surface area contributed by atoms with Crippen LogP contribution in [0.25, 0.3) is 11.4 Å². The van der Waals surface area contributed by atoms with E-state index in [-0.39, 0.29) is 11.7 Å². The van der Waals surface area contributed by atoms with Gasteiger partial charge in [0.15, 0.2) is 11.0 Å². The van der Waals surface area contributed by atoms with Crippen LogP contribution in [0.15, 0.2) is 29.4 Å². The Morgan fingerprint density at radius 1 is 1.21 bits per heavy atom. The Kier molecular flexibility index (Phi) is 7.21. The molecule has 29 heavy (non-hydrogen) atoms. The van der Waals surface area contributed by atoms with Crippen molar-refractivity contribution in [2.75, 3.05) is 17.7 Å². The van der Waals surface area contributed by atoms with Gasteiger partial charge in [-0.1, -0.05) is 36.9 Å². The average molecular weight is 433 g/mol. The number of hydrogen-bond donors (Lipinski definition) is 1. The first-order valence-electron chi connectivity index (χ1n) is 9.35. The summed E-state index contributed by atoms with van der Waals surface area (Å²) in [5, 5.41) is 21.1. The maximum absolute atomic E-state index is 12.2. The molecule has 0 aliphatic rings. The van der Waals surface area contributed by atoms with Crippen LogP contribution in [0, 0.1) is 12.8 Å². The Labute approximate surface area is 178 Å². The van der Waals surface area contributed by atoms with Crippen LogP contribution >= 0.6 is 23.1 Å². The minimum absolute atomic E-state index is 0.148. The van der Waals surface area contributed by atoms with E-state index in [2.05, 4.69) is 39.6 Å². The van der Waals surface area contributed by atoms with Crippen molar-refractivity contribution >= 4 is 34.1 Å². The quantitative estimate of drug-likeness (QED) is 0.513. The molecule has 3 aromatic rings. The number of carbonyl (C=O) groups excluding carboxylic acids is 1. The lowest BCUT2D eigenvalue weighted by atomic mass is 10.2. The highest BCUT2D eigenvalue weighted by molar-refractivity contribution is 7.99. The number of amides is 1. The first kappa shape index (κ1) is 21.3.